The molecule has 0 aliphatic heterocycles. The first-order valence-corrected chi connectivity index (χ1v) is 7.55. The smallest absolute Gasteiger partial charge is 0.150 e. The number of aromatic nitrogens is 1. The maximum Gasteiger partial charge on any atom is 0.150 e. The first kappa shape index (κ1) is 11.9. The minimum absolute atomic E-state index is 0.219. The normalized spacial score (nSPS) is 29.9. The highest BCUT2D eigenvalue weighted by Crippen LogP contribution is 2.41. The zero-order chi connectivity index (χ0) is 11.4. The molecule has 1 saturated carbocycles. The van der Waals surface area contributed by atoms with Crippen molar-refractivity contribution in [3.05, 3.63) is 11.6 Å². The van der Waals surface area contributed by atoms with Crippen LogP contribution >= 0.6 is 23.1 Å². The minimum atomic E-state index is 0.219. The zero-order valence-corrected chi connectivity index (χ0v) is 11.1. The van der Waals surface area contributed by atoms with Crippen LogP contribution in [0.25, 0.3) is 0 Å². The summed E-state index contributed by atoms with van der Waals surface area (Å²) in [6, 6.07) is 2.47. The Morgan fingerprint density at radius 3 is 3.12 bits per heavy atom. The number of thioether (sulfide) groups is 1. The summed E-state index contributed by atoms with van der Waals surface area (Å²) in [6.45, 7) is 2.25. The van der Waals surface area contributed by atoms with Gasteiger partial charge in [0.1, 0.15) is 4.34 Å². The molecule has 3 unspecified atom stereocenters. The predicted molar refractivity (Wildman–Crippen MR) is 68.5 cm³/mol. The number of nitriles is 1. The Morgan fingerprint density at radius 1 is 1.62 bits per heavy atom. The fraction of sp³-hybridized carbons (Fsp3) is 0.667. The summed E-state index contributed by atoms with van der Waals surface area (Å²) in [5, 5.41) is 11.6. The lowest BCUT2D eigenvalue weighted by Crippen LogP contribution is -2.25. The van der Waals surface area contributed by atoms with Gasteiger partial charge >= 0.3 is 0 Å². The molecule has 0 spiro atoms. The molecule has 3 atom stereocenters. The third-order valence-corrected chi connectivity index (χ3v) is 5.58. The van der Waals surface area contributed by atoms with E-state index in [1.165, 1.54) is 19.3 Å². The number of nitrogens with zero attached hydrogens (tertiary/aromatic N) is 2. The van der Waals surface area contributed by atoms with Crippen LogP contribution in [0, 0.1) is 23.2 Å². The van der Waals surface area contributed by atoms with Crippen LogP contribution < -0.4 is 0 Å². The van der Waals surface area contributed by atoms with E-state index >= 15 is 0 Å². The third-order valence-electron chi connectivity index (χ3n) is 3.31. The molecule has 0 N–H and O–H groups in total. The highest BCUT2D eigenvalue weighted by atomic mass is 32.2. The van der Waals surface area contributed by atoms with Gasteiger partial charge in [-0.15, -0.1) is 11.3 Å². The van der Waals surface area contributed by atoms with Gasteiger partial charge in [-0.1, -0.05) is 25.1 Å². The Bertz CT molecular complexity index is 356. The molecular formula is C12H16N2S2. The molecule has 16 heavy (non-hydrogen) atoms. The van der Waals surface area contributed by atoms with E-state index < -0.39 is 0 Å². The van der Waals surface area contributed by atoms with Gasteiger partial charge in [-0.3, -0.25) is 0 Å². The van der Waals surface area contributed by atoms with Crippen LogP contribution in [0.5, 0.6) is 0 Å². The van der Waals surface area contributed by atoms with E-state index in [0.717, 1.165) is 16.7 Å². The Balaban J connectivity index is 2.01. The van der Waals surface area contributed by atoms with Crippen LogP contribution in [0.4, 0.5) is 0 Å². The fourth-order valence-corrected chi connectivity index (χ4v) is 4.49. The quantitative estimate of drug-likeness (QED) is 0.817. The second-order valence-electron chi connectivity index (χ2n) is 4.28. The molecule has 1 aliphatic rings. The summed E-state index contributed by atoms with van der Waals surface area (Å²) in [4.78, 5) is 4.30. The van der Waals surface area contributed by atoms with E-state index in [1.54, 1.807) is 11.3 Å². The summed E-state index contributed by atoms with van der Waals surface area (Å²) in [6.07, 6.45) is 6.56. The summed E-state index contributed by atoms with van der Waals surface area (Å²) in [7, 11) is 0. The number of hydrogen-bond acceptors (Lipinski definition) is 4. The van der Waals surface area contributed by atoms with Crippen molar-refractivity contribution in [2.75, 3.05) is 0 Å². The van der Waals surface area contributed by atoms with Crippen LogP contribution in [-0.2, 0) is 0 Å². The lowest BCUT2D eigenvalue weighted by atomic mass is 9.81. The van der Waals surface area contributed by atoms with Crippen molar-refractivity contribution in [2.45, 2.75) is 42.2 Å². The van der Waals surface area contributed by atoms with Gasteiger partial charge in [0.15, 0.2) is 0 Å². The molecular weight excluding hydrogens is 236 g/mol. The van der Waals surface area contributed by atoms with Gasteiger partial charge in [0, 0.05) is 16.8 Å². The largest absolute Gasteiger partial charge is 0.238 e. The molecule has 1 heterocycles. The van der Waals surface area contributed by atoms with Crippen molar-refractivity contribution in [1.29, 1.82) is 5.26 Å². The van der Waals surface area contributed by atoms with Crippen molar-refractivity contribution < 1.29 is 0 Å². The van der Waals surface area contributed by atoms with E-state index in [-0.39, 0.29) is 5.92 Å². The molecule has 0 amide bonds. The molecule has 0 radical (unpaired) electrons. The Labute approximate surface area is 105 Å². The van der Waals surface area contributed by atoms with E-state index in [1.807, 2.05) is 23.3 Å². The van der Waals surface area contributed by atoms with Gasteiger partial charge in [0.2, 0.25) is 0 Å². The van der Waals surface area contributed by atoms with Crippen LogP contribution in [0.15, 0.2) is 15.9 Å². The molecule has 2 rings (SSSR count). The molecule has 0 saturated heterocycles. The summed E-state index contributed by atoms with van der Waals surface area (Å²) < 4.78 is 1.11. The molecule has 1 aliphatic carbocycles. The molecule has 0 bridgehead atoms. The lowest BCUT2D eigenvalue weighted by Gasteiger charge is -2.31. The fourth-order valence-electron chi connectivity index (χ4n) is 2.26. The molecule has 0 aromatic carbocycles. The zero-order valence-electron chi connectivity index (χ0n) is 9.43. The molecule has 1 aromatic rings. The van der Waals surface area contributed by atoms with Crippen molar-refractivity contribution in [3.8, 4) is 6.07 Å². The minimum Gasteiger partial charge on any atom is -0.238 e. The highest BCUT2D eigenvalue weighted by molar-refractivity contribution is 8.01. The molecule has 4 heteroatoms. The van der Waals surface area contributed by atoms with E-state index in [2.05, 4.69) is 18.0 Å². The van der Waals surface area contributed by atoms with Gasteiger partial charge in [-0.2, -0.15) is 5.26 Å². The van der Waals surface area contributed by atoms with Gasteiger partial charge in [0.05, 0.1) is 12.0 Å². The molecule has 2 nitrogen and oxygen atoms in total. The van der Waals surface area contributed by atoms with Crippen molar-refractivity contribution in [1.82, 2.24) is 4.98 Å². The van der Waals surface area contributed by atoms with Gasteiger partial charge < -0.3 is 0 Å². The standard InChI is InChI=1S/C12H16N2S2/c1-2-9-3-4-10(8-13)11(7-9)16-12-14-5-6-15-12/h5-6,9-11H,2-4,7H2,1H3. The van der Waals surface area contributed by atoms with Crippen LogP contribution in [0.3, 0.4) is 0 Å². The number of rotatable bonds is 3. The Hall–Kier alpha value is -0.530. The van der Waals surface area contributed by atoms with Gasteiger partial charge in [-0.05, 0) is 25.2 Å². The molecule has 1 aromatic heterocycles. The van der Waals surface area contributed by atoms with Crippen LogP contribution in [0.2, 0.25) is 0 Å². The van der Waals surface area contributed by atoms with Gasteiger partial charge in [-0.25, -0.2) is 4.98 Å². The van der Waals surface area contributed by atoms with Crippen molar-refractivity contribution in [3.63, 3.8) is 0 Å². The van der Waals surface area contributed by atoms with Gasteiger partial charge in [0.25, 0.3) is 0 Å². The summed E-state index contributed by atoms with van der Waals surface area (Å²) in [5.74, 6) is 1.03. The molecule has 1 fully saturated rings. The highest BCUT2D eigenvalue weighted by Gasteiger charge is 2.30. The van der Waals surface area contributed by atoms with E-state index in [4.69, 9.17) is 5.26 Å². The topological polar surface area (TPSA) is 36.7 Å². The number of hydrogen-bond donors (Lipinski definition) is 0. The van der Waals surface area contributed by atoms with E-state index in [0.29, 0.717) is 5.25 Å². The second kappa shape index (κ2) is 5.70. The monoisotopic (exact) mass is 252 g/mol. The second-order valence-corrected chi connectivity index (χ2v) is 6.66. The summed E-state index contributed by atoms with van der Waals surface area (Å²) in [5.41, 5.74) is 0. The van der Waals surface area contributed by atoms with Crippen LogP contribution in [0.1, 0.15) is 32.6 Å². The average Bonchev–Trinajstić information content (AvgIpc) is 2.82. The van der Waals surface area contributed by atoms with Crippen LogP contribution in [-0.4, -0.2) is 10.2 Å². The molecule has 86 valence electrons. The maximum atomic E-state index is 9.17. The third kappa shape index (κ3) is 2.78. The first-order chi connectivity index (χ1) is 7.83. The maximum absolute atomic E-state index is 9.17. The Kier molecular flexibility index (Phi) is 4.25. The number of thiazole rings is 1. The average molecular weight is 252 g/mol. The SMILES string of the molecule is CCC1CCC(C#N)C(Sc2nccs2)C1. The van der Waals surface area contributed by atoms with Crippen molar-refractivity contribution >= 4 is 23.1 Å². The summed E-state index contributed by atoms with van der Waals surface area (Å²) >= 11 is 3.49. The Morgan fingerprint density at radius 2 is 2.50 bits per heavy atom. The lowest BCUT2D eigenvalue weighted by molar-refractivity contribution is 0.317. The van der Waals surface area contributed by atoms with E-state index in [9.17, 15) is 0 Å². The van der Waals surface area contributed by atoms with Crippen molar-refractivity contribution in [2.24, 2.45) is 11.8 Å². The predicted octanol–water partition coefficient (Wildman–Crippen LogP) is 3.95. The first-order valence-electron chi connectivity index (χ1n) is 5.79.